The van der Waals surface area contributed by atoms with Gasteiger partial charge in [0.1, 0.15) is 5.82 Å². The predicted molar refractivity (Wildman–Crippen MR) is 120 cm³/mol. The number of carbonyl (C=O) groups is 2. The number of amides is 1. The second kappa shape index (κ2) is 8.92. The minimum Gasteiger partial charge on any atom is -0.351 e. The van der Waals surface area contributed by atoms with Crippen molar-refractivity contribution < 1.29 is 22.4 Å². The molecular weight excluding hydrogens is 431 g/mol. The molecule has 0 fully saturated rings. The van der Waals surface area contributed by atoms with E-state index in [-0.39, 0.29) is 29.0 Å². The molecule has 164 valence electrons. The first-order chi connectivity index (χ1) is 15.4. The lowest BCUT2D eigenvalue weighted by Crippen LogP contribution is -2.37. The molecule has 6 nitrogen and oxygen atoms in total. The number of nitrogens with one attached hydrogen (secondary N) is 1. The SMILES string of the molecule is O=C(NCCS(=O)(=O)N1CCc2ccccc21)c1ccccc1C(=O)c1ccc(F)cc1. The van der Waals surface area contributed by atoms with E-state index in [0.717, 1.165) is 5.56 Å². The highest BCUT2D eigenvalue weighted by Crippen LogP contribution is 2.29. The van der Waals surface area contributed by atoms with Crippen LogP contribution in [0.3, 0.4) is 0 Å². The van der Waals surface area contributed by atoms with E-state index in [0.29, 0.717) is 18.7 Å². The van der Waals surface area contributed by atoms with Crippen molar-refractivity contribution in [2.24, 2.45) is 0 Å². The van der Waals surface area contributed by atoms with Crippen LogP contribution in [0, 0.1) is 5.82 Å². The molecule has 0 saturated heterocycles. The third-order valence-corrected chi connectivity index (χ3v) is 7.12. The highest BCUT2D eigenvalue weighted by atomic mass is 32.2. The van der Waals surface area contributed by atoms with Crippen LogP contribution in [0.2, 0.25) is 0 Å². The van der Waals surface area contributed by atoms with Crippen LogP contribution < -0.4 is 9.62 Å². The van der Waals surface area contributed by atoms with Crippen LogP contribution in [0.25, 0.3) is 0 Å². The quantitative estimate of drug-likeness (QED) is 0.558. The molecule has 0 spiro atoms. The Kier molecular flexibility index (Phi) is 6.05. The van der Waals surface area contributed by atoms with E-state index >= 15 is 0 Å². The molecule has 32 heavy (non-hydrogen) atoms. The van der Waals surface area contributed by atoms with Gasteiger partial charge < -0.3 is 5.32 Å². The molecule has 0 aliphatic carbocycles. The van der Waals surface area contributed by atoms with Gasteiger partial charge >= 0.3 is 0 Å². The van der Waals surface area contributed by atoms with Gasteiger partial charge in [-0.05, 0) is 48.4 Å². The van der Waals surface area contributed by atoms with Crippen molar-refractivity contribution in [1.82, 2.24) is 5.32 Å². The number of anilines is 1. The fraction of sp³-hybridized carbons (Fsp3) is 0.167. The van der Waals surface area contributed by atoms with Gasteiger partial charge in [0.25, 0.3) is 5.91 Å². The molecule has 1 heterocycles. The molecule has 3 aromatic rings. The zero-order chi connectivity index (χ0) is 22.7. The second-order valence-corrected chi connectivity index (χ2v) is 9.42. The maximum atomic E-state index is 13.2. The third kappa shape index (κ3) is 4.40. The number of ketones is 1. The Bertz CT molecular complexity index is 1270. The van der Waals surface area contributed by atoms with Crippen molar-refractivity contribution in [3.8, 4) is 0 Å². The molecule has 1 N–H and O–H groups in total. The van der Waals surface area contributed by atoms with Crippen molar-refractivity contribution in [1.29, 1.82) is 0 Å². The zero-order valence-electron chi connectivity index (χ0n) is 17.1. The van der Waals surface area contributed by atoms with Crippen molar-refractivity contribution in [3.05, 3.63) is 101 Å². The van der Waals surface area contributed by atoms with E-state index in [1.165, 1.54) is 40.7 Å². The predicted octanol–water partition coefficient (Wildman–Crippen LogP) is 3.18. The first kappa shape index (κ1) is 21.7. The normalized spacial score (nSPS) is 13.0. The topological polar surface area (TPSA) is 83.6 Å². The van der Waals surface area contributed by atoms with Gasteiger partial charge in [-0.2, -0.15) is 0 Å². The molecule has 0 atom stereocenters. The van der Waals surface area contributed by atoms with Crippen LogP contribution in [-0.2, 0) is 16.4 Å². The van der Waals surface area contributed by atoms with E-state index in [1.807, 2.05) is 12.1 Å². The van der Waals surface area contributed by atoms with Crippen LogP contribution >= 0.6 is 0 Å². The van der Waals surface area contributed by atoms with E-state index in [4.69, 9.17) is 0 Å². The van der Waals surface area contributed by atoms with Crippen LogP contribution in [0.4, 0.5) is 10.1 Å². The number of para-hydroxylation sites is 1. The summed E-state index contributed by atoms with van der Waals surface area (Å²) in [4.78, 5) is 25.5. The van der Waals surface area contributed by atoms with Crippen molar-refractivity contribution in [2.45, 2.75) is 6.42 Å². The Balaban J connectivity index is 1.44. The fourth-order valence-corrected chi connectivity index (χ4v) is 5.16. The smallest absolute Gasteiger partial charge is 0.252 e. The maximum Gasteiger partial charge on any atom is 0.252 e. The summed E-state index contributed by atoms with van der Waals surface area (Å²) < 4.78 is 40.1. The minimum atomic E-state index is -3.61. The Morgan fingerprint density at radius 1 is 0.906 bits per heavy atom. The third-order valence-electron chi connectivity index (χ3n) is 5.35. The van der Waals surface area contributed by atoms with Gasteiger partial charge in [0.15, 0.2) is 5.78 Å². The first-order valence-corrected chi connectivity index (χ1v) is 11.7. The summed E-state index contributed by atoms with van der Waals surface area (Å²) in [5, 5.41) is 2.60. The first-order valence-electron chi connectivity index (χ1n) is 10.1. The van der Waals surface area contributed by atoms with Gasteiger partial charge in [-0.3, -0.25) is 13.9 Å². The molecular formula is C24H21FN2O4S. The molecule has 0 aromatic heterocycles. The number of rotatable bonds is 7. The van der Waals surface area contributed by atoms with Crippen molar-refractivity contribution >= 4 is 27.4 Å². The molecule has 0 bridgehead atoms. The molecule has 3 aromatic carbocycles. The van der Waals surface area contributed by atoms with Crippen LogP contribution in [0.1, 0.15) is 31.8 Å². The zero-order valence-corrected chi connectivity index (χ0v) is 17.9. The van der Waals surface area contributed by atoms with E-state index < -0.39 is 27.5 Å². The number of carbonyl (C=O) groups excluding carboxylic acids is 2. The summed E-state index contributed by atoms with van der Waals surface area (Å²) in [7, 11) is -3.61. The molecule has 0 radical (unpaired) electrons. The number of fused-ring (bicyclic) bond motifs is 1. The Morgan fingerprint density at radius 3 is 2.31 bits per heavy atom. The lowest BCUT2D eigenvalue weighted by Gasteiger charge is -2.19. The summed E-state index contributed by atoms with van der Waals surface area (Å²) in [6, 6.07) is 18.7. The molecule has 0 saturated carbocycles. The summed E-state index contributed by atoms with van der Waals surface area (Å²) in [6.45, 7) is 0.281. The minimum absolute atomic E-state index is 0.0983. The average molecular weight is 453 g/mol. The van der Waals surface area contributed by atoms with Crippen LogP contribution in [0.5, 0.6) is 0 Å². The second-order valence-electron chi connectivity index (χ2n) is 7.40. The largest absolute Gasteiger partial charge is 0.351 e. The lowest BCUT2D eigenvalue weighted by atomic mass is 9.98. The van der Waals surface area contributed by atoms with Crippen LogP contribution in [0.15, 0.2) is 72.8 Å². The standard InChI is InChI=1S/C24H21FN2O4S/c25-19-11-9-18(10-12-19)23(28)20-6-2-3-7-21(20)24(29)26-14-16-32(30,31)27-15-13-17-5-1-4-8-22(17)27/h1-12H,13-16H2,(H,26,29). The summed E-state index contributed by atoms with van der Waals surface area (Å²) in [5.41, 5.74) is 2.20. The monoisotopic (exact) mass is 452 g/mol. The van der Waals surface area contributed by atoms with Crippen LogP contribution in [-0.4, -0.2) is 39.0 Å². The number of benzene rings is 3. The Labute approximate surface area is 185 Å². The summed E-state index contributed by atoms with van der Waals surface area (Å²) in [5.74, 6) is -1.69. The molecule has 1 amide bonds. The van der Waals surface area contributed by atoms with Crippen molar-refractivity contribution in [3.63, 3.8) is 0 Å². The fourth-order valence-electron chi connectivity index (χ4n) is 3.73. The average Bonchev–Trinajstić information content (AvgIpc) is 3.24. The molecule has 0 unspecified atom stereocenters. The van der Waals surface area contributed by atoms with Gasteiger partial charge in [0.2, 0.25) is 10.0 Å². The van der Waals surface area contributed by atoms with E-state index in [1.54, 1.807) is 24.3 Å². The van der Waals surface area contributed by atoms with Gasteiger partial charge in [-0.25, -0.2) is 12.8 Å². The van der Waals surface area contributed by atoms with Gasteiger partial charge in [0, 0.05) is 24.2 Å². The molecule has 4 rings (SSSR count). The van der Waals surface area contributed by atoms with Crippen molar-refractivity contribution in [2.75, 3.05) is 23.1 Å². The molecule has 1 aliphatic rings. The number of nitrogens with zero attached hydrogens (tertiary/aromatic N) is 1. The number of hydrogen-bond acceptors (Lipinski definition) is 4. The molecule has 8 heteroatoms. The van der Waals surface area contributed by atoms with E-state index in [2.05, 4.69) is 5.32 Å². The molecule has 1 aliphatic heterocycles. The lowest BCUT2D eigenvalue weighted by molar-refractivity contribution is 0.0944. The Hall–Kier alpha value is -3.52. The number of hydrogen-bond donors (Lipinski definition) is 1. The summed E-state index contributed by atoms with van der Waals surface area (Å²) in [6.07, 6.45) is 0.653. The van der Waals surface area contributed by atoms with Gasteiger partial charge in [-0.1, -0.05) is 36.4 Å². The highest BCUT2D eigenvalue weighted by molar-refractivity contribution is 7.92. The van der Waals surface area contributed by atoms with Gasteiger partial charge in [0.05, 0.1) is 17.0 Å². The summed E-state index contributed by atoms with van der Waals surface area (Å²) >= 11 is 0. The maximum absolute atomic E-state index is 13.2. The highest BCUT2D eigenvalue weighted by Gasteiger charge is 2.29. The number of halogens is 1. The number of sulfonamides is 1. The Morgan fingerprint density at radius 2 is 1.56 bits per heavy atom. The van der Waals surface area contributed by atoms with E-state index in [9.17, 15) is 22.4 Å². The van der Waals surface area contributed by atoms with Gasteiger partial charge in [-0.15, -0.1) is 0 Å².